The van der Waals surface area contributed by atoms with Crippen LogP contribution < -0.4 is 0 Å². The second kappa shape index (κ2) is 3.69. The maximum atomic E-state index is 11.4. The number of carbonyl (C=O) groups is 1. The Hall–Kier alpha value is -0.520. The van der Waals surface area contributed by atoms with Crippen molar-refractivity contribution in [3.63, 3.8) is 0 Å². The number of ether oxygens (including phenoxy) is 1. The Labute approximate surface area is 90.6 Å². The SMILES string of the molecule is CC(C)(C)OC(=O)c1coc(I)c1. The summed E-state index contributed by atoms with van der Waals surface area (Å²) >= 11 is 2.00. The van der Waals surface area contributed by atoms with Crippen molar-refractivity contribution in [1.82, 2.24) is 0 Å². The van der Waals surface area contributed by atoms with Gasteiger partial charge >= 0.3 is 5.97 Å². The topological polar surface area (TPSA) is 39.4 Å². The number of hydrogen-bond acceptors (Lipinski definition) is 3. The number of halogens is 1. The molecule has 0 unspecified atom stereocenters. The normalized spacial score (nSPS) is 11.4. The molecule has 0 aromatic carbocycles. The molecule has 13 heavy (non-hydrogen) atoms. The van der Waals surface area contributed by atoms with Crippen molar-refractivity contribution in [1.29, 1.82) is 0 Å². The van der Waals surface area contributed by atoms with Gasteiger partial charge in [0.15, 0.2) is 3.77 Å². The summed E-state index contributed by atoms with van der Waals surface area (Å²) in [6.07, 6.45) is 1.40. The number of rotatable bonds is 1. The molecule has 0 N–H and O–H groups in total. The van der Waals surface area contributed by atoms with Crippen molar-refractivity contribution < 1.29 is 13.9 Å². The average Bonchev–Trinajstić information content (AvgIpc) is 2.31. The number of carbonyl (C=O) groups excluding carboxylic acids is 1. The standard InChI is InChI=1S/C9H11IO3/c1-9(2,3)13-8(11)6-4-7(10)12-5-6/h4-5H,1-3H3. The van der Waals surface area contributed by atoms with Crippen molar-refractivity contribution >= 4 is 28.6 Å². The van der Waals surface area contributed by atoms with Gasteiger partial charge < -0.3 is 9.15 Å². The highest BCUT2D eigenvalue weighted by Crippen LogP contribution is 2.15. The van der Waals surface area contributed by atoms with E-state index in [1.807, 2.05) is 43.4 Å². The molecule has 1 aromatic heterocycles. The van der Waals surface area contributed by atoms with E-state index in [9.17, 15) is 4.79 Å². The van der Waals surface area contributed by atoms with Crippen LogP contribution in [-0.2, 0) is 4.74 Å². The Balaban J connectivity index is 2.70. The molecule has 0 spiro atoms. The van der Waals surface area contributed by atoms with Crippen molar-refractivity contribution in [2.45, 2.75) is 26.4 Å². The van der Waals surface area contributed by atoms with Crippen molar-refractivity contribution in [3.05, 3.63) is 21.7 Å². The molecule has 0 aliphatic carbocycles. The maximum absolute atomic E-state index is 11.4. The van der Waals surface area contributed by atoms with Crippen LogP contribution in [0.3, 0.4) is 0 Å². The third-order valence-electron chi connectivity index (χ3n) is 1.20. The van der Waals surface area contributed by atoms with Crippen molar-refractivity contribution in [2.24, 2.45) is 0 Å². The van der Waals surface area contributed by atoms with E-state index in [1.54, 1.807) is 6.07 Å². The lowest BCUT2D eigenvalue weighted by Crippen LogP contribution is -2.23. The molecule has 0 saturated heterocycles. The Bertz CT molecular complexity index is 309. The van der Waals surface area contributed by atoms with Gasteiger partial charge in [-0.05, 0) is 43.4 Å². The first-order valence-electron chi connectivity index (χ1n) is 3.86. The lowest BCUT2D eigenvalue weighted by Gasteiger charge is -2.18. The minimum Gasteiger partial charge on any atom is -0.458 e. The third kappa shape index (κ3) is 3.38. The van der Waals surface area contributed by atoms with Gasteiger partial charge in [0.05, 0.1) is 5.56 Å². The zero-order valence-electron chi connectivity index (χ0n) is 7.76. The highest BCUT2D eigenvalue weighted by molar-refractivity contribution is 14.1. The molecule has 72 valence electrons. The summed E-state index contributed by atoms with van der Waals surface area (Å²) in [5.41, 5.74) is -0.000834. The van der Waals surface area contributed by atoms with Crippen LogP contribution in [0.2, 0.25) is 0 Å². The lowest BCUT2D eigenvalue weighted by molar-refractivity contribution is 0.00689. The Morgan fingerprint density at radius 3 is 2.54 bits per heavy atom. The summed E-state index contributed by atoms with van der Waals surface area (Å²) in [4.78, 5) is 11.4. The average molecular weight is 294 g/mol. The van der Waals surface area contributed by atoms with Gasteiger partial charge in [-0.2, -0.15) is 0 Å². The van der Waals surface area contributed by atoms with E-state index in [2.05, 4.69) is 0 Å². The van der Waals surface area contributed by atoms with Crippen LogP contribution in [0.15, 0.2) is 16.7 Å². The predicted octanol–water partition coefficient (Wildman–Crippen LogP) is 2.84. The Morgan fingerprint density at radius 2 is 2.15 bits per heavy atom. The van der Waals surface area contributed by atoms with E-state index < -0.39 is 5.60 Å². The van der Waals surface area contributed by atoms with Gasteiger partial charge in [-0.25, -0.2) is 4.79 Å². The van der Waals surface area contributed by atoms with E-state index in [0.29, 0.717) is 9.33 Å². The van der Waals surface area contributed by atoms with Gasteiger partial charge in [-0.3, -0.25) is 0 Å². The molecule has 4 heteroatoms. The molecule has 0 bridgehead atoms. The predicted molar refractivity (Wildman–Crippen MR) is 56.6 cm³/mol. The fourth-order valence-corrected chi connectivity index (χ4v) is 1.22. The fraction of sp³-hybridized carbons (Fsp3) is 0.444. The van der Waals surface area contributed by atoms with Gasteiger partial charge in [0.1, 0.15) is 11.9 Å². The molecule has 0 atom stereocenters. The van der Waals surface area contributed by atoms with E-state index >= 15 is 0 Å². The van der Waals surface area contributed by atoms with Crippen molar-refractivity contribution in [2.75, 3.05) is 0 Å². The number of furan rings is 1. The minimum absolute atomic E-state index is 0.348. The quantitative estimate of drug-likeness (QED) is 0.590. The molecule has 0 amide bonds. The first-order valence-corrected chi connectivity index (χ1v) is 4.94. The molecule has 3 nitrogen and oxygen atoms in total. The monoisotopic (exact) mass is 294 g/mol. The highest BCUT2D eigenvalue weighted by atomic mass is 127. The summed E-state index contributed by atoms with van der Waals surface area (Å²) in [7, 11) is 0. The smallest absolute Gasteiger partial charge is 0.341 e. The zero-order valence-corrected chi connectivity index (χ0v) is 9.91. The maximum Gasteiger partial charge on any atom is 0.341 e. The lowest BCUT2D eigenvalue weighted by atomic mass is 10.2. The first-order chi connectivity index (χ1) is 5.88. The number of esters is 1. The van der Waals surface area contributed by atoms with Gasteiger partial charge in [-0.1, -0.05) is 0 Å². The molecule has 1 aromatic rings. The molecule has 0 fully saturated rings. The molecule has 0 radical (unpaired) electrons. The van der Waals surface area contributed by atoms with Crippen LogP contribution in [0.5, 0.6) is 0 Å². The number of hydrogen-bond donors (Lipinski definition) is 0. The summed E-state index contributed by atoms with van der Waals surface area (Å²) in [6, 6.07) is 1.65. The molecule has 1 heterocycles. The Morgan fingerprint density at radius 1 is 1.54 bits per heavy atom. The highest BCUT2D eigenvalue weighted by Gasteiger charge is 2.19. The molecule has 0 aliphatic rings. The Kier molecular flexibility index (Phi) is 3.00. The molecule has 0 aliphatic heterocycles. The zero-order chi connectivity index (χ0) is 10.1. The third-order valence-corrected chi connectivity index (χ3v) is 1.77. The largest absolute Gasteiger partial charge is 0.458 e. The molecule has 1 rings (SSSR count). The molecular weight excluding hydrogens is 283 g/mol. The van der Waals surface area contributed by atoms with Crippen LogP contribution in [0.1, 0.15) is 31.1 Å². The van der Waals surface area contributed by atoms with Gasteiger partial charge in [0.2, 0.25) is 0 Å². The summed E-state index contributed by atoms with van der Waals surface area (Å²) in [5.74, 6) is -0.348. The van der Waals surface area contributed by atoms with Crippen LogP contribution >= 0.6 is 22.6 Å². The van der Waals surface area contributed by atoms with Crippen LogP contribution in [0, 0.1) is 3.77 Å². The first kappa shape index (κ1) is 10.6. The summed E-state index contributed by atoms with van der Waals surface area (Å²) in [6.45, 7) is 5.49. The van der Waals surface area contributed by atoms with E-state index in [0.717, 1.165) is 0 Å². The van der Waals surface area contributed by atoms with E-state index in [1.165, 1.54) is 6.26 Å². The van der Waals surface area contributed by atoms with Crippen molar-refractivity contribution in [3.8, 4) is 0 Å². The summed E-state index contributed by atoms with van der Waals surface area (Å²) < 4.78 is 10.8. The second-order valence-electron chi connectivity index (χ2n) is 3.64. The van der Waals surface area contributed by atoms with Gasteiger partial charge in [-0.15, -0.1) is 0 Å². The summed E-state index contributed by atoms with van der Waals surface area (Å²) in [5, 5.41) is 0. The van der Waals surface area contributed by atoms with Gasteiger partial charge in [0, 0.05) is 6.07 Å². The minimum atomic E-state index is -0.459. The molecule has 0 saturated carbocycles. The van der Waals surface area contributed by atoms with E-state index in [-0.39, 0.29) is 5.97 Å². The van der Waals surface area contributed by atoms with Crippen LogP contribution in [0.4, 0.5) is 0 Å². The second-order valence-corrected chi connectivity index (χ2v) is 4.70. The van der Waals surface area contributed by atoms with Crippen LogP contribution in [0.25, 0.3) is 0 Å². The van der Waals surface area contributed by atoms with Crippen LogP contribution in [-0.4, -0.2) is 11.6 Å². The molecular formula is C9H11IO3. The fourth-order valence-electron chi connectivity index (χ4n) is 0.754. The van der Waals surface area contributed by atoms with Gasteiger partial charge in [0.25, 0.3) is 0 Å². The van der Waals surface area contributed by atoms with E-state index in [4.69, 9.17) is 9.15 Å².